The minimum absolute atomic E-state index is 0.0905. The van der Waals surface area contributed by atoms with Crippen molar-refractivity contribution in [2.24, 2.45) is 27.3 Å². The molecule has 2 unspecified atom stereocenters. The van der Waals surface area contributed by atoms with Gasteiger partial charge in [0.2, 0.25) is 5.91 Å². The van der Waals surface area contributed by atoms with Crippen LogP contribution in [0.4, 0.5) is 0 Å². The summed E-state index contributed by atoms with van der Waals surface area (Å²) in [5.74, 6) is 2.17. The van der Waals surface area contributed by atoms with Crippen LogP contribution in [0.2, 0.25) is 0 Å². The highest BCUT2D eigenvalue weighted by Gasteiger charge is 2.62. The molecule has 0 saturated heterocycles. The zero-order valence-corrected chi connectivity index (χ0v) is 16.8. The summed E-state index contributed by atoms with van der Waals surface area (Å²) in [5, 5.41) is 4.26. The minimum atomic E-state index is -0.246. The van der Waals surface area contributed by atoms with Gasteiger partial charge < -0.3 is 9.47 Å². The van der Waals surface area contributed by atoms with Crippen molar-refractivity contribution in [2.45, 2.75) is 52.4 Å². The molecule has 27 heavy (non-hydrogen) atoms. The van der Waals surface area contributed by atoms with Gasteiger partial charge in [-0.3, -0.25) is 4.79 Å². The zero-order chi connectivity index (χ0) is 19.3. The van der Waals surface area contributed by atoms with E-state index in [9.17, 15) is 4.79 Å². The first-order chi connectivity index (χ1) is 12.8. The van der Waals surface area contributed by atoms with Crippen molar-refractivity contribution < 1.29 is 14.3 Å². The minimum Gasteiger partial charge on any atom is -0.497 e. The fourth-order valence-electron chi connectivity index (χ4n) is 6.91. The van der Waals surface area contributed by atoms with Gasteiger partial charge in [0.1, 0.15) is 11.5 Å². The molecule has 0 aromatic heterocycles. The van der Waals surface area contributed by atoms with Crippen molar-refractivity contribution in [2.75, 3.05) is 14.2 Å². The first-order valence-corrected chi connectivity index (χ1v) is 9.84. The smallest absolute Gasteiger partial charge is 0.246 e. The number of ether oxygens (including phenoxy) is 2. The Bertz CT molecular complexity index is 770. The summed E-state index contributed by atoms with van der Waals surface area (Å²) >= 11 is 0. The molecule has 146 valence electrons. The standard InChI is InChI=1S/C22H30N2O3/c1-20-8-15-9-21(2,12-20)14-22(10-15,13-20)19(25)24-23-11-16-5-6-17(26-3)7-18(16)27-4/h5-7,11,15H,8-10,12-14H2,1-4H3,(H,24,25)/b23-11+. The van der Waals surface area contributed by atoms with Crippen LogP contribution < -0.4 is 14.9 Å². The van der Waals surface area contributed by atoms with Gasteiger partial charge in [0, 0.05) is 11.6 Å². The summed E-state index contributed by atoms with van der Waals surface area (Å²) < 4.78 is 10.6. The van der Waals surface area contributed by atoms with Crippen LogP contribution >= 0.6 is 0 Å². The largest absolute Gasteiger partial charge is 0.497 e. The van der Waals surface area contributed by atoms with Gasteiger partial charge in [0.25, 0.3) is 0 Å². The van der Waals surface area contributed by atoms with Gasteiger partial charge in [-0.05, 0) is 67.4 Å². The summed E-state index contributed by atoms with van der Waals surface area (Å²) in [4.78, 5) is 13.2. The van der Waals surface area contributed by atoms with E-state index in [1.54, 1.807) is 20.4 Å². The molecule has 4 bridgehead atoms. The van der Waals surface area contributed by atoms with Crippen LogP contribution in [0.5, 0.6) is 11.5 Å². The first-order valence-electron chi connectivity index (χ1n) is 9.84. The lowest BCUT2D eigenvalue weighted by Crippen LogP contribution is -2.59. The second-order valence-electron chi connectivity index (χ2n) is 9.72. The number of carbonyl (C=O) groups is 1. The van der Waals surface area contributed by atoms with Crippen molar-refractivity contribution in [3.05, 3.63) is 23.8 Å². The quantitative estimate of drug-likeness (QED) is 0.626. The zero-order valence-electron chi connectivity index (χ0n) is 16.8. The summed E-state index contributed by atoms with van der Waals surface area (Å²) in [6.45, 7) is 4.76. The number of amides is 1. The van der Waals surface area contributed by atoms with E-state index in [2.05, 4.69) is 24.4 Å². The molecule has 5 nitrogen and oxygen atoms in total. The Morgan fingerprint density at radius 3 is 2.41 bits per heavy atom. The Kier molecular flexibility index (Phi) is 4.24. The molecule has 0 spiro atoms. The molecule has 4 fully saturated rings. The number of methoxy groups -OCH3 is 2. The maximum atomic E-state index is 13.2. The van der Waals surface area contributed by atoms with Gasteiger partial charge in [-0.15, -0.1) is 0 Å². The second-order valence-corrected chi connectivity index (χ2v) is 9.72. The molecular formula is C22H30N2O3. The Hall–Kier alpha value is -2.04. The predicted octanol–water partition coefficient (Wildman–Crippen LogP) is 4.15. The Balaban J connectivity index is 1.49. The monoisotopic (exact) mass is 370 g/mol. The third kappa shape index (κ3) is 3.21. The van der Waals surface area contributed by atoms with Crippen LogP contribution in [0, 0.1) is 22.2 Å². The lowest BCUT2D eigenvalue weighted by Gasteiger charge is -2.64. The highest BCUT2D eigenvalue weighted by molar-refractivity contribution is 5.87. The average molecular weight is 370 g/mol. The highest BCUT2D eigenvalue weighted by atomic mass is 16.5. The van der Waals surface area contributed by atoms with Crippen molar-refractivity contribution >= 4 is 12.1 Å². The molecule has 1 aromatic rings. The Labute approximate surface area is 161 Å². The number of rotatable bonds is 5. The molecule has 0 radical (unpaired) electrons. The van der Waals surface area contributed by atoms with Crippen LogP contribution in [0.3, 0.4) is 0 Å². The van der Waals surface area contributed by atoms with Crippen molar-refractivity contribution in [1.29, 1.82) is 0 Å². The Morgan fingerprint density at radius 2 is 1.81 bits per heavy atom. The Morgan fingerprint density at radius 1 is 1.11 bits per heavy atom. The molecule has 4 aliphatic carbocycles. The number of carbonyl (C=O) groups excluding carboxylic acids is 1. The molecule has 0 aliphatic heterocycles. The van der Waals surface area contributed by atoms with Gasteiger partial charge in [0.05, 0.1) is 25.8 Å². The van der Waals surface area contributed by atoms with E-state index >= 15 is 0 Å². The molecule has 1 N–H and O–H groups in total. The fourth-order valence-corrected chi connectivity index (χ4v) is 6.91. The summed E-state index contributed by atoms with van der Waals surface area (Å²) in [6.07, 6.45) is 8.50. The summed E-state index contributed by atoms with van der Waals surface area (Å²) in [7, 11) is 3.23. The molecular weight excluding hydrogens is 340 g/mol. The predicted molar refractivity (Wildman–Crippen MR) is 105 cm³/mol. The van der Waals surface area contributed by atoms with E-state index in [4.69, 9.17) is 9.47 Å². The van der Waals surface area contributed by atoms with E-state index in [-0.39, 0.29) is 11.3 Å². The third-order valence-electron chi connectivity index (χ3n) is 6.92. The third-order valence-corrected chi connectivity index (χ3v) is 6.92. The van der Waals surface area contributed by atoms with Gasteiger partial charge in [-0.2, -0.15) is 5.10 Å². The van der Waals surface area contributed by atoms with E-state index in [1.165, 1.54) is 19.3 Å². The maximum absolute atomic E-state index is 13.2. The van der Waals surface area contributed by atoms with Crippen molar-refractivity contribution in [1.82, 2.24) is 5.43 Å². The van der Waals surface area contributed by atoms with Crippen LogP contribution in [0.25, 0.3) is 0 Å². The molecule has 2 atom stereocenters. The molecule has 1 aromatic carbocycles. The number of hydrogen-bond donors (Lipinski definition) is 1. The lowest BCUT2D eigenvalue weighted by molar-refractivity contribution is -0.170. The van der Waals surface area contributed by atoms with Crippen LogP contribution in [-0.2, 0) is 4.79 Å². The van der Waals surface area contributed by atoms with E-state index < -0.39 is 0 Å². The molecule has 4 aliphatic rings. The topological polar surface area (TPSA) is 59.9 Å². The van der Waals surface area contributed by atoms with Crippen molar-refractivity contribution in [3.63, 3.8) is 0 Å². The van der Waals surface area contributed by atoms with E-state index in [0.29, 0.717) is 22.5 Å². The molecule has 5 heteroatoms. The van der Waals surface area contributed by atoms with Gasteiger partial charge >= 0.3 is 0 Å². The summed E-state index contributed by atoms with van der Waals surface area (Å²) in [6, 6.07) is 5.54. The van der Waals surface area contributed by atoms with Crippen LogP contribution in [-0.4, -0.2) is 26.3 Å². The van der Waals surface area contributed by atoms with Gasteiger partial charge in [-0.1, -0.05) is 13.8 Å². The molecule has 1 amide bonds. The number of hydrogen-bond acceptors (Lipinski definition) is 4. The summed E-state index contributed by atoms with van der Waals surface area (Å²) in [5.41, 5.74) is 4.04. The highest BCUT2D eigenvalue weighted by Crippen LogP contribution is 2.69. The normalized spacial score (nSPS) is 36.8. The molecule has 4 saturated carbocycles. The maximum Gasteiger partial charge on any atom is 0.246 e. The SMILES string of the molecule is COc1ccc(/C=N/NC(=O)C23CC4CC(C)(CC(C)(C4)C2)C3)c(OC)c1. The molecule has 0 heterocycles. The molecule has 5 rings (SSSR count). The number of benzene rings is 1. The van der Waals surface area contributed by atoms with Crippen LogP contribution in [0.1, 0.15) is 57.9 Å². The number of nitrogens with one attached hydrogen (secondary N) is 1. The van der Waals surface area contributed by atoms with Crippen molar-refractivity contribution in [3.8, 4) is 11.5 Å². The lowest BCUT2D eigenvalue weighted by atomic mass is 9.40. The fraction of sp³-hybridized carbons (Fsp3) is 0.636. The van der Waals surface area contributed by atoms with Gasteiger partial charge in [-0.25, -0.2) is 5.43 Å². The number of nitrogens with zero attached hydrogens (tertiary/aromatic N) is 1. The average Bonchev–Trinajstić information content (AvgIpc) is 2.58. The first kappa shape index (κ1) is 18.3. The van der Waals surface area contributed by atoms with E-state index in [1.807, 2.05) is 18.2 Å². The van der Waals surface area contributed by atoms with Gasteiger partial charge in [0.15, 0.2) is 0 Å². The van der Waals surface area contributed by atoms with Crippen LogP contribution in [0.15, 0.2) is 23.3 Å². The number of hydrazone groups is 1. The second kappa shape index (κ2) is 6.25. The van der Waals surface area contributed by atoms with E-state index in [0.717, 1.165) is 30.6 Å².